The molecule has 1 saturated carbocycles. The maximum atomic E-state index is 5.89. The molecule has 1 aromatic carbocycles. The molecule has 6 nitrogen and oxygen atoms in total. The summed E-state index contributed by atoms with van der Waals surface area (Å²) in [6.07, 6.45) is 2.40. The molecule has 0 spiro atoms. The van der Waals surface area contributed by atoms with E-state index in [1.54, 1.807) is 0 Å². The third-order valence-electron chi connectivity index (χ3n) is 5.84. The normalized spacial score (nSPS) is 28.4. The van der Waals surface area contributed by atoms with E-state index >= 15 is 0 Å². The van der Waals surface area contributed by atoms with E-state index < -0.39 is 0 Å². The molecule has 2 fully saturated rings. The van der Waals surface area contributed by atoms with Gasteiger partial charge in [0.05, 0.1) is 6.10 Å². The van der Waals surface area contributed by atoms with Crippen molar-refractivity contribution in [3.05, 3.63) is 23.8 Å². The third kappa shape index (κ3) is 3.11. The van der Waals surface area contributed by atoms with E-state index in [9.17, 15) is 0 Å². The Balaban J connectivity index is 1.37. The number of hydrogen-bond acceptors (Lipinski definition) is 4. The van der Waals surface area contributed by atoms with Crippen LogP contribution in [0.4, 0.5) is 0 Å². The van der Waals surface area contributed by atoms with Gasteiger partial charge in [-0.1, -0.05) is 19.9 Å². The van der Waals surface area contributed by atoms with E-state index in [0.717, 1.165) is 50.0 Å². The fourth-order valence-electron chi connectivity index (χ4n) is 4.48. The molecule has 0 aromatic heterocycles. The first-order valence-corrected chi connectivity index (χ1v) is 9.64. The van der Waals surface area contributed by atoms with Crippen LogP contribution in [0.5, 0.6) is 11.5 Å². The summed E-state index contributed by atoms with van der Waals surface area (Å²) in [6.45, 7) is 9.45. The Labute approximate surface area is 155 Å². The number of nitrogens with one attached hydrogen (secondary N) is 2. The van der Waals surface area contributed by atoms with Crippen molar-refractivity contribution in [2.24, 2.45) is 16.3 Å². The summed E-state index contributed by atoms with van der Waals surface area (Å²) in [7, 11) is 0. The lowest BCUT2D eigenvalue weighted by atomic mass is 9.57. The number of hydrogen-bond donors (Lipinski definition) is 2. The zero-order chi connectivity index (χ0) is 18.1. The van der Waals surface area contributed by atoms with E-state index in [4.69, 9.17) is 19.2 Å². The van der Waals surface area contributed by atoms with Crippen LogP contribution < -0.4 is 20.1 Å². The summed E-state index contributed by atoms with van der Waals surface area (Å²) in [5, 5.41) is 7.04. The lowest BCUT2D eigenvalue weighted by molar-refractivity contribution is -0.106. The van der Waals surface area contributed by atoms with Gasteiger partial charge in [0.2, 0.25) is 6.79 Å². The molecule has 0 bridgehead atoms. The Morgan fingerprint density at radius 1 is 1.27 bits per heavy atom. The molecular weight excluding hydrogens is 330 g/mol. The van der Waals surface area contributed by atoms with E-state index in [-0.39, 0.29) is 5.41 Å². The number of ether oxygens (including phenoxy) is 3. The van der Waals surface area contributed by atoms with Crippen molar-refractivity contribution < 1.29 is 14.2 Å². The molecule has 2 heterocycles. The van der Waals surface area contributed by atoms with Gasteiger partial charge in [-0.25, -0.2) is 0 Å². The molecule has 1 aromatic rings. The lowest BCUT2D eigenvalue weighted by Crippen LogP contribution is -2.68. The largest absolute Gasteiger partial charge is 0.454 e. The summed E-state index contributed by atoms with van der Waals surface area (Å²) in [6, 6.07) is 6.52. The van der Waals surface area contributed by atoms with Crippen molar-refractivity contribution in [2.75, 3.05) is 26.5 Å². The van der Waals surface area contributed by atoms with Crippen LogP contribution in [0.1, 0.15) is 32.8 Å². The quantitative estimate of drug-likeness (QED) is 0.624. The Hall–Kier alpha value is -1.95. The number of fused-ring (bicyclic) bond motifs is 2. The highest BCUT2D eigenvalue weighted by Gasteiger charge is 2.59. The van der Waals surface area contributed by atoms with Crippen molar-refractivity contribution in [3.63, 3.8) is 0 Å². The van der Waals surface area contributed by atoms with Crippen LogP contribution in [0.15, 0.2) is 23.2 Å². The van der Waals surface area contributed by atoms with Crippen LogP contribution in [0.2, 0.25) is 0 Å². The zero-order valence-electron chi connectivity index (χ0n) is 15.9. The van der Waals surface area contributed by atoms with Crippen LogP contribution in [0, 0.1) is 11.3 Å². The molecule has 1 saturated heterocycles. The Morgan fingerprint density at radius 2 is 2.12 bits per heavy atom. The molecule has 3 aliphatic rings. The molecule has 2 aliphatic heterocycles. The van der Waals surface area contributed by atoms with Gasteiger partial charge in [0.25, 0.3) is 0 Å². The Morgan fingerprint density at radius 3 is 2.96 bits per heavy atom. The van der Waals surface area contributed by atoms with Crippen molar-refractivity contribution in [3.8, 4) is 11.5 Å². The summed E-state index contributed by atoms with van der Waals surface area (Å²) < 4.78 is 16.7. The van der Waals surface area contributed by atoms with Crippen LogP contribution in [-0.2, 0) is 11.2 Å². The maximum absolute atomic E-state index is 5.89. The standard InChI is InChI=1S/C20H29N3O3/c1-4-21-19(23-17-14-8-10-24-18(14)20(17,2)3)22-9-7-13-5-6-15-16(11-13)26-12-25-15/h5-6,11,14,17-18H,4,7-10,12H2,1-3H3,(H2,21,22,23). The highest BCUT2D eigenvalue weighted by atomic mass is 16.7. The van der Waals surface area contributed by atoms with Gasteiger partial charge < -0.3 is 24.8 Å². The minimum atomic E-state index is 0.148. The fraction of sp³-hybridized carbons (Fsp3) is 0.650. The van der Waals surface area contributed by atoms with Gasteiger partial charge in [-0.2, -0.15) is 0 Å². The Bertz CT molecular complexity index is 689. The van der Waals surface area contributed by atoms with Crippen molar-refractivity contribution in [1.29, 1.82) is 0 Å². The zero-order valence-corrected chi connectivity index (χ0v) is 15.9. The van der Waals surface area contributed by atoms with Gasteiger partial charge in [-0.05, 0) is 37.5 Å². The number of guanidine groups is 1. The predicted octanol–water partition coefficient (Wildman–Crippen LogP) is 2.33. The topological polar surface area (TPSA) is 64.1 Å². The molecule has 3 atom stereocenters. The third-order valence-corrected chi connectivity index (χ3v) is 5.84. The van der Waals surface area contributed by atoms with Crippen molar-refractivity contribution in [2.45, 2.75) is 45.8 Å². The van der Waals surface area contributed by atoms with Gasteiger partial charge in [0.15, 0.2) is 17.5 Å². The highest BCUT2D eigenvalue weighted by Crippen LogP contribution is 2.52. The van der Waals surface area contributed by atoms with Crippen LogP contribution in [0.3, 0.4) is 0 Å². The lowest BCUT2D eigenvalue weighted by Gasteiger charge is -2.54. The summed E-state index contributed by atoms with van der Waals surface area (Å²) >= 11 is 0. The summed E-state index contributed by atoms with van der Waals surface area (Å²) in [5.74, 6) is 3.16. The molecule has 6 heteroatoms. The first-order chi connectivity index (χ1) is 12.6. The second-order valence-corrected chi connectivity index (χ2v) is 7.89. The van der Waals surface area contributed by atoms with Crippen LogP contribution >= 0.6 is 0 Å². The fourth-order valence-corrected chi connectivity index (χ4v) is 4.48. The molecule has 3 unspecified atom stereocenters. The van der Waals surface area contributed by atoms with Gasteiger partial charge in [0.1, 0.15) is 0 Å². The van der Waals surface area contributed by atoms with Gasteiger partial charge in [-0.15, -0.1) is 0 Å². The van der Waals surface area contributed by atoms with Crippen molar-refractivity contribution in [1.82, 2.24) is 10.6 Å². The summed E-state index contributed by atoms with van der Waals surface area (Å²) in [5.41, 5.74) is 1.36. The smallest absolute Gasteiger partial charge is 0.231 e. The molecule has 1 aliphatic carbocycles. The second-order valence-electron chi connectivity index (χ2n) is 7.89. The molecule has 26 heavy (non-hydrogen) atoms. The molecular formula is C20H29N3O3. The second kappa shape index (κ2) is 6.99. The molecule has 0 radical (unpaired) electrons. The monoisotopic (exact) mass is 359 g/mol. The molecule has 2 N–H and O–H groups in total. The van der Waals surface area contributed by atoms with Gasteiger partial charge in [0, 0.05) is 37.1 Å². The highest BCUT2D eigenvalue weighted by molar-refractivity contribution is 5.80. The minimum Gasteiger partial charge on any atom is -0.454 e. The number of rotatable bonds is 5. The first-order valence-electron chi connectivity index (χ1n) is 9.64. The Kier molecular flexibility index (Phi) is 4.69. The predicted molar refractivity (Wildman–Crippen MR) is 101 cm³/mol. The summed E-state index contributed by atoms with van der Waals surface area (Å²) in [4.78, 5) is 4.79. The average Bonchev–Trinajstić information content (AvgIpc) is 3.27. The van der Waals surface area contributed by atoms with Gasteiger partial charge >= 0.3 is 0 Å². The minimum absolute atomic E-state index is 0.148. The molecule has 4 rings (SSSR count). The van der Waals surface area contributed by atoms with E-state index in [2.05, 4.69) is 37.5 Å². The van der Waals surface area contributed by atoms with E-state index in [1.807, 2.05) is 12.1 Å². The SMILES string of the molecule is CCNC(=NCCc1ccc2c(c1)OCO2)NC1C2CCOC2C1(C)C. The van der Waals surface area contributed by atoms with Crippen LogP contribution in [0.25, 0.3) is 0 Å². The first kappa shape index (κ1) is 17.5. The number of nitrogens with zero attached hydrogens (tertiary/aromatic N) is 1. The van der Waals surface area contributed by atoms with E-state index in [0.29, 0.717) is 24.9 Å². The number of benzene rings is 1. The molecule has 0 amide bonds. The average molecular weight is 359 g/mol. The molecule has 142 valence electrons. The van der Waals surface area contributed by atoms with Crippen molar-refractivity contribution >= 4 is 5.96 Å². The van der Waals surface area contributed by atoms with Gasteiger partial charge in [-0.3, -0.25) is 4.99 Å². The maximum Gasteiger partial charge on any atom is 0.231 e. The van der Waals surface area contributed by atoms with Crippen LogP contribution in [-0.4, -0.2) is 44.6 Å². The van der Waals surface area contributed by atoms with E-state index in [1.165, 1.54) is 5.56 Å². The number of aliphatic imine (C=N–C) groups is 1.